The molecule has 2 N–H and O–H groups in total. The monoisotopic (exact) mass is 285 g/mol. The molecule has 0 heterocycles. The Morgan fingerprint density at radius 3 is 2.50 bits per heavy atom. The molecule has 1 amide bonds. The summed E-state index contributed by atoms with van der Waals surface area (Å²) in [7, 11) is 0. The number of carbonyl (C=O) groups excluding carboxylic acids is 1. The van der Waals surface area contributed by atoms with Crippen LogP contribution < -0.4 is 5.32 Å². The van der Waals surface area contributed by atoms with Crippen LogP contribution in [-0.4, -0.2) is 23.5 Å². The largest absolute Gasteiger partial charge is 0.478 e. The van der Waals surface area contributed by atoms with Crippen LogP contribution in [0, 0.1) is 11.8 Å². The number of aromatic carboxylic acids is 1. The molecule has 106 valence electrons. The standard InChI is InChI=1S/C13H10F3NO3/c1-8(18)17-6-2-3-9-4-5-10(13(14,15)16)7-11(9)12(19)20/h4-5,7H,6H2,1H3,(H,17,18)(H,19,20). The van der Waals surface area contributed by atoms with Gasteiger partial charge >= 0.3 is 12.1 Å². The lowest BCUT2D eigenvalue weighted by Crippen LogP contribution is -2.19. The smallest absolute Gasteiger partial charge is 0.416 e. The van der Waals surface area contributed by atoms with E-state index in [0.717, 1.165) is 12.1 Å². The summed E-state index contributed by atoms with van der Waals surface area (Å²) >= 11 is 0. The normalized spacial score (nSPS) is 10.4. The molecular formula is C13H10F3NO3. The van der Waals surface area contributed by atoms with E-state index < -0.39 is 23.3 Å². The van der Waals surface area contributed by atoms with Crippen molar-refractivity contribution in [2.24, 2.45) is 0 Å². The molecule has 0 aliphatic carbocycles. The first-order chi connectivity index (χ1) is 9.21. The fraction of sp³-hybridized carbons (Fsp3) is 0.231. The van der Waals surface area contributed by atoms with Gasteiger partial charge in [0.25, 0.3) is 0 Å². The summed E-state index contributed by atoms with van der Waals surface area (Å²) in [5, 5.41) is 11.3. The van der Waals surface area contributed by atoms with Crippen molar-refractivity contribution in [3.63, 3.8) is 0 Å². The van der Waals surface area contributed by atoms with E-state index in [1.54, 1.807) is 0 Å². The van der Waals surface area contributed by atoms with Crippen LogP contribution in [0.25, 0.3) is 0 Å². The average Bonchev–Trinajstić information content (AvgIpc) is 2.33. The predicted molar refractivity (Wildman–Crippen MR) is 64.0 cm³/mol. The van der Waals surface area contributed by atoms with Crippen molar-refractivity contribution in [3.8, 4) is 11.8 Å². The van der Waals surface area contributed by atoms with Gasteiger partial charge in [0.2, 0.25) is 5.91 Å². The third-order valence-electron chi connectivity index (χ3n) is 2.23. The van der Waals surface area contributed by atoms with Crippen LogP contribution >= 0.6 is 0 Å². The molecule has 0 bridgehead atoms. The molecule has 1 rings (SSSR count). The quantitative estimate of drug-likeness (QED) is 0.815. The first-order valence-electron chi connectivity index (χ1n) is 5.39. The molecule has 0 saturated heterocycles. The highest BCUT2D eigenvalue weighted by Gasteiger charge is 2.31. The van der Waals surface area contributed by atoms with Gasteiger partial charge in [-0.1, -0.05) is 11.8 Å². The van der Waals surface area contributed by atoms with Crippen LogP contribution in [0.3, 0.4) is 0 Å². The second-order valence-electron chi connectivity index (χ2n) is 3.77. The minimum atomic E-state index is -4.62. The minimum absolute atomic E-state index is 0.0184. The van der Waals surface area contributed by atoms with Gasteiger partial charge < -0.3 is 10.4 Å². The van der Waals surface area contributed by atoms with Crippen LogP contribution in [0.1, 0.15) is 28.4 Å². The number of carboxylic acids is 1. The Morgan fingerprint density at radius 2 is 2.00 bits per heavy atom. The lowest BCUT2D eigenvalue weighted by Gasteiger charge is -2.08. The number of nitrogens with one attached hydrogen (secondary N) is 1. The van der Waals surface area contributed by atoms with Gasteiger partial charge in [0.05, 0.1) is 17.7 Å². The molecule has 7 heteroatoms. The molecular weight excluding hydrogens is 275 g/mol. The third kappa shape index (κ3) is 4.31. The van der Waals surface area contributed by atoms with Crippen LogP contribution in [-0.2, 0) is 11.0 Å². The summed E-state index contributed by atoms with van der Waals surface area (Å²) in [4.78, 5) is 21.5. The number of benzene rings is 1. The third-order valence-corrected chi connectivity index (χ3v) is 2.23. The van der Waals surface area contributed by atoms with E-state index in [1.165, 1.54) is 6.92 Å². The van der Waals surface area contributed by atoms with Gasteiger partial charge in [-0.15, -0.1) is 0 Å². The summed E-state index contributed by atoms with van der Waals surface area (Å²) < 4.78 is 37.4. The van der Waals surface area contributed by atoms with E-state index >= 15 is 0 Å². The highest BCUT2D eigenvalue weighted by Crippen LogP contribution is 2.30. The Hall–Kier alpha value is -2.49. The van der Waals surface area contributed by atoms with Gasteiger partial charge in [0, 0.05) is 12.5 Å². The summed E-state index contributed by atoms with van der Waals surface area (Å²) in [6.07, 6.45) is -4.62. The minimum Gasteiger partial charge on any atom is -0.478 e. The zero-order chi connectivity index (χ0) is 15.3. The molecule has 1 aromatic rings. The van der Waals surface area contributed by atoms with E-state index in [2.05, 4.69) is 17.2 Å². The van der Waals surface area contributed by atoms with Crippen molar-refractivity contribution in [2.45, 2.75) is 13.1 Å². The molecule has 0 fully saturated rings. The Balaban J connectivity index is 3.08. The second-order valence-corrected chi connectivity index (χ2v) is 3.77. The molecule has 20 heavy (non-hydrogen) atoms. The van der Waals surface area contributed by atoms with Gasteiger partial charge in [-0.05, 0) is 18.2 Å². The fourth-order valence-electron chi connectivity index (χ4n) is 1.31. The maximum Gasteiger partial charge on any atom is 0.416 e. The van der Waals surface area contributed by atoms with Crippen molar-refractivity contribution in [3.05, 3.63) is 34.9 Å². The van der Waals surface area contributed by atoms with Gasteiger partial charge in [-0.25, -0.2) is 4.79 Å². The van der Waals surface area contributed by atoms with Crippen LogP contribution in [0.2, 0.25) is 0 Å². The Kier molecular flexibility index (Phi) is 4.75. The second kappa shape index (κ2) is 6.10. The number of hydrogen-bond acceptors (Lipinski definition) is 2. The zero-order valence-corrected chi connectivity index (χ0v) is 10.3. The molecule has 0 aliphatic heterocycles. The van der Waals surface area contributed by atoms with E-state index in [1.807, 2.05) is 0 Å². The Labute approximate surface area is 112 Å². The molecule has 0 spiro atoms. The molecule has 0 aromatic heterocycles. The lowest BCUT2D eigenvalue weighted by molar-refractivity contribution is -0.137. The summed E-state index contributed by atoms with van der Waals surface area (Å²) in [6, 6.07) is 2.28. The molecule has 1 aromatic carbocycles. The van der Waals surface area contributed by atoms with E-state index in [4.69, 9.17) is 5.11 Å². The van der Waals surface area contributed by atoms with Gasteiger partial charge in [0.15, 0.2) is 0 Å². The Bertz CT molecular complexity index is 597. The number of carbonyl (C=O) groups is 2. The van der Waals surface area contributed by atoms with Crippen LogP contribution in [0.5, 0.6) is 0 Å². The van der Waals surface area contributed by atoms with Crippen molar-refractivity contribution in [2.75, 3.05) is 6.54 Å². The first-order valence-corrected chi connectivity index (χ1v) is 5.39. The predicted octanol–water partition coefficient (Wildman–Crippen LogP) is 1.89. The number of amides is 1. The van der Waals surface area contributed by atoms with Gasteiger partial charge in [-0.2, -0.15) is 13.2 Å². The summed E-state index contributed by atoms with van der Waals surface area (Å²) in [5.41, 5.74) is -1.63. The molecule has 0 radical (unpaired) electrons. The van der Waals surface area contributed by atoms with E-state index in [9.17, 15) is 22.8 Å². The number of halogens is 3. The molecule has 0 atom stereocenters. The molecule has 0 saturated carbocycles. The summed E-state index contributed by atoms with van der Waals surface area (Å²) in [5.74, 6) is 3.06. The number of hydrogen-bond donors (Lipinski definition) is 2. The van der Waals surface area contributed by atoms with Crippen molar-refractivity contribution < 1.29 is 27.9 Å². The summed E-state index contributed by atoms with van der Waals surface area (Å²) in [6.45, 7) is 1.26. The fourth-order valence-corrected chi connectivity index (χ4v) is 1.31. The van der Waals surface area contributed by atoms with Crippen LogP contribution in [0.4, 0.5) is 13.2 Å². The maximum absolute atomic E-state index is 12.5. The zero-order valence-electron chi connectivity index (χ0n) is 10.3. The van der Waals surface area contributed by atoms with Gasteiger partial charge in [-0.3, -0.25) is 4.79 Å². The van der Waals surface area contributed by atoms with Crippen molar-refractivity contribution >= 4 is 11.9 Å². The number of carboxylic acid groups (broad SMARTS) is 1. The Morgan fingerprint density at radius 1 is 1.35 bits per heavy atom. The van der Waals surface area contributed by atoms with Crippen molar-refractivity contribution in [1.29, 1.82) is 0 Å². The highest BCUT2D eigenvalue weighted by molar-refractivity contribution is 5.91. The van der Waals surface area contributed by atoms with Crippen molar-refractivity contribution in [1.82, 2.24) is 5.32 Å². The number of rotatable bonds is 2. The number of alkyl halides is 3. The lowest BCUT2D eigenvalue weighted by atomic mass is 10.0. The van der Waals surface area contributed by atoms with E-state index in [0.29, 0.717) is 6.07 Å². The molecule has 0 aliphatic rings. The molecule has 0 unspecified atom stereocenters. The topological polar surface area (TPSA) is 66.4 Å². The van der Waals surface area contributed by atoms with Gasteiger partial charge in [0.1, 0.15) is 0 Å². The SMILES string of the molecule is CC(=O)NCC#Cc1ccc(C(F)(F)F)cc1C(=O)O. The average molecular weight is 285 g/mol. The molecule has 4 nitrogen and oxygen atoms in total. The maximum atomic E-state index is 12.5. The van der Waals surface area contributed by atoms with E-state index in [-0.39, 0.29) is 18.0 Å². The van der Waals surface area contributed by atoms with Crippen LogP contribution in [0.15, 0.2) is 18.2 Å². The first kappa shape index (κ1) is 15.6. The highest BCUT2D eigenvalue weighted by atomic mass is 19.4.